The van der Waals surface area contributed by atoms with E-state index in [9.17, 15) is 4.79 Å². The van der Waals surface area contributed by atoms with Crippen molar-refractivity contribution in [3.63, 3.8) is 0 Å². The first-order valence-electron chi connectivity index (χ1n) is 8.26. The Morgan fingerprint density at radius 3 is 2.81 bits per heavy atom. The maximum absolute atomic E-state index is 12.2. The summed E-state index contributed by atoms with van der Waals surface area (Å²) in [6.45, 7) is 2.45. The fourth-order valence-electron chi connectivity index (χ4n) is 2.19. The summed E-state index contributed by atoms with van der Waals surface area (Å²) >= 11 is 7.19. The van der Waals surface area contributed by atoms with Crippen LogP contribution < -0.4 is 10.1 Å². The van der Waals surface area contributed by atoms with Crippen molar-refractivity contribution in [2.45, 2.75) is 30.5 Å². The van der Waals surface area contributed by atoms with Crippen molar-refractivity contribution in [2.24, 2.45) is 7.05 Å². The number of hydrogen-bond donors (Lipinski definition) is 1. The molecule has 2 aromatic heterocycles. The largest absolute Gasteiger partial charge is 0.486 e. The van der Waals surface area contributed by atoms with Gasteiger partial charge in [0.05, 0.1) is 18.1 Å². The average molecular weight is 407 g/mol. The monoisotopic (exact) mass is 406 g/mol. The zero-order valence-corrected chi connectivity index (χ0v) is 16.5. The summed E-state index contributed by atoms with van der Waals surface area (Å²) in [4.78, 5) is 12.2. The standard InChI is InChI=1S/C18H19ClN4O3S/c1-12(17(24)20-10-15-4-3-9-25-15)27-18-22-21-16(23(18)2)11-26-14-7-5-13(19)6-8-14/h3-9,12H,10-11H2,1-2H3,(H,20,24). The summed E-state index contributed by atoms with van der Waals surface area (Å²) in [6.07, 6.45) is 1.58. The predicted octanol–water partition coefficient (Wildman–Crippen LogP) is 3.44. The van der Waals surface area contributed by atoms with Crippen LogP contribution in [0.2, 0.25) is 5.02 Å². The molecule has 0 spiro atoms. The van der Waals surface area contributed by atoms with Crippen LogP contribution in [0, 0.1) is 0 Å². The fraction of sp³-hybridized carbons (Fsp3) is 0.278. The number of amides is 1. The van der Waals surface area contributed by atoms with Gasteiger partial charge in [0.2, 0.25) is 5.91 Å². The topological polar surface area (TPSA) is 82.2 Å². The summed E-state index contributed by atoms with van der Waals surface area (Å²) in [7, 11) is 1.84. The molecule has 1 aromatic carbocycles. The molecule has 9 heteroatoms. The van der Waals surface area contributed by atoms with E-state index < -0.39 is 0 Å². The van der Waals surface area contributed by atoms with E-state index in [4.69, 9.17) is 20.8 Å². The van der Waals surface area contributed by atoms with Crippen LogP contribution in [-0.4, -0.2) is 25.9 Å². The molecule has 2 heterocycles. The van der Waals surface area contributed by atoms with Gasteiger partial charge >= 0.3 is 0 Å². The molecule has 0 aliphatic rings. The van der Waals surface area contributed by atoms with Gasteiger partial charge in [0, 0.05) is 12.1 Å². The Labute approximate surface area is 166 Å². The van der Waals surface area contributed by atoms with Crippen molar-refractivity contribution < 1.29 is 13.9 Å². The number of halogens is 1. The van der Waals surface area contributed by atoms with Gasteiger partial charge < -0.3 is 19.0 Å². The maximum Gasteiger partial charge on any atom is 0.233 e. The first-order valence-corrected chi connectivity index (χ1v) is 9.52. The minimum absolute atomic E-state index is 0.0987. The molecule has 3 aromatic rings. The van der Waals surface area contributed by atoms with E-state index in [0.717, 1.165) is 0 Å². The quantitative estimate of drug-likeness (QED) is 0.577. The van der Waals surface area contributed by atoms with Crippen LogP contribution in [0.25, 0.3) is 0 Å². The lowest BCUT2D eigenvalue weighted by Gasteiger charge is -2.11. The highest BCUT2D eigenvalue weighted by atomic mass is 35.5. The normalized spacial score (nSPS) is 12.0. The van der Waals surface area contributed by atoms with E-state index in [-0.39, 0.29) is 17.8 Å². The van der Waals surface area contributed by atoms with Gasteiger partial charge in [-0.1, -0.05) is 23.4 Å². The maximum atomic E-state index is 12.2. The molecule has 0 fully saturated rings. The first-order chi connectivity index (χ1) is 13.0. The number of ether oxygens (including phenoxy) is 1. The number of hydrogen-bond acceptors (Lipinski definition) is 6. The molecule has 1 atom stereocenters. The highest BCUT2D eigenvalue weighted by Gasteiger charge is 2.19. The molecule has 0 bridgehead atoms. The summed E-state index contributed by atoms with van der Waals surface area (Å²) in [5.74, 6) is 1.97. The SMILES string of the molecule is CC(Sc1nnc(COc2ccc(Cl)cc2)n1C)C(=O)NCc1ccco1. The Morgan fingerprint density at radius 1 is 1.33 bits per heavy atom. The molecular formula is C18H19ClN4O3S. The van der Waals surface area contributed by atoms with Crippen LogP contribution >= 0.6 is 23.4 Å². The van der Waals surface area contributed by atoms with Gasteiger partial charge in [-0.3, -0.25) is 4.79 Å². The number of aromatic nitrogens is 3. The minimum atomic E-state index is -0.326. The molecule has 0 saturated carbocycles. The van der Waals surface area contributed by atoms with Crippen LogP contribution in [-0.2, 0) is 25.0 Å². The lowest BCUT2D eigenvalue weighted by atomic mass is 10.3. The van der Waals surface area contributed by atoms with Crippen molar-refractivity contribution in [3.05, 3.63) is 59.3 Å². The molecule has 1 amide bonds. The van der Waals surface area contributed by atoms with E-state index in [1.54, 1.807) is 36.6 Å². The third-order valence-electron chi connectivity index (χ3n) is 3.78. The predicted molar refractivity (Wildman–Crippen MR) is 103 cm³/mol. The molecule has 1 N–H and O–H groups in total. The molecule has 0 aliphatic carbocycles. The number of furan rings is 1. The van der Waals surface area contributed by atoms with Gasteiger partial charge in [0.15, 0.2) is 11.0 Å². The average Bonchev–Trinajstić information content (AvgIpc) is 3.30. The van der Waals surface area contributed by atoms with Crippen molar-refractivity contribution in [2.75, 3.05) is 0 Å². The summed E-state index contributed by atoms with van der Waals surface area (Å²) in [5, 5.41) is 12.1. The second-order valence-electron chi connectivity index (χ2n) is 5.76. The smallest absolute Gasteiger partial charge is 0.233 e. The Balaban J connectivity index is 1.52. The highest BCUT2D eigenvalue weighted by molar-refractivity contribution is 8.00. The van der Waals surface area contributed by atoms with Crippen LogP contribution in [0.1, 0.15) is 18.5 Å². The lowest BCUT2D eigenvalue weighted by molar-refractivity contribution is -0.120. The molecule has 3 rings (SSSR count). The van der Waals surface area contributed by atoms with Gasteiger partial charge in [-0.25, -0.2) is 0 Å². The van der Waals surface area contributed by atoms with Crippen molar-refractivity contribution >= 4 is 29.3 Å². The molecule has 7 nitrogen and oxygen atoms in total. The molecule has 0 radical (unpaired) electrons. The fourth-order valence-corrected chi connectivity index (χ4v) is 3.18. The zero-order valence-electron chi connectivity index (χ0n) is 14.9. The van der Waals surface area contributed by atoms with Crippen LogP contribution in [0.15, 0.2) is 52.2 Å². The Kier molecular flexibility index (Phi) is 6.41. The zero-order chi connectivity index (χ0) is 19.2. The second kappa shape index (κ2) is 8.96. The van der Waals surface area contributed by atoms with E-state index in [1.165, 1.54) is 11.8 Å². The number of rotatable bonds is 8. The van der Waals surface area contributed by atoms with Gasteiger partial charge in [0.1, 0.15) is 18.1 Å². The third-order valence-corrected chi connectivity index (χ3v) is 5.16. The van der Waals surface area contributed by atoms with Crippen LogP contribution in [0.4, 0.5) is 0 Å². The van der Waals surface area contributed by atoms with Crippen molar-refractivity contribution in [1.82, 2.24) is 20.1 Å². The van der Waals surface area contributed by atoms with E-state index in [0.29, 0.717) is 34.1 Å². The highest BCUT2D eigenvalue weighted by Crippen LogP contribution is 2.22. The number of benzene rings is 1. The summed E-state index contributed by atoms with van der Waals surface area (Å²) in [6, 6.07) is 10.7. The summed E-state index contributed by atoms with van der Waals surface area (Å²) in [5.41, 5.74) is 0. The molecular weight excluding hydrogens is 388 g/mol. The van der Waals surface area contributed by atoms with E-state index in [1.807, 2.05) is 24.6 Å². The van der Waals surface area contributed by atoms with Crippen LogP contribution in [0.3, 0.4) is 0 Å². The Hall–Kier alpha value is -2.45. The molecule has 0 saturated heterocycles. The third kappa shape index (κ3) is 5.27. The van der Waals surface area contributed by atoms with Gasteiger partial charge in [-0.2, -0.15) is 0 Å². The van der Waals surface area contributed by atoms with Crippen LogP contribution in [0.5, 0.6) is 5.75 Å². The Morgan fingerprint density at radius 2 is 2.11 bits per heavy atom. The minimum Gasteiger partial charge on any atom is -0.486 e. The van der Waals surface area contributed by atoms with Gasteiger partial charge in [0.25, 0.3) is 0 Å². The number of carbonyl (C=O) groups is 1. The van der Waals surface area contributed by atoms with Gasteiger partial charge in [-0.15, -0.1) is 10.2 Å². The number of carbonyl (C=O) groups excluding carboxylic acids is 1. The van der Waals surface area contributed by atoms with E-state index in [2.05, 4.69) is 15.5 Å². The van der Waals surface area contributed by atoms with Crippen molar-refractivity contribution in [3.8, 4) is 5.75 Å². The first kappa shape index (κ1) is 19.3. The van der Waals surface area contributed by atoms with Crippen molar-refractivity contribution in [1.29, 1.82) is 0 Å². The number of nitrogens with zero attached hydrogens (tertiary/aromatic N) is 3. The molecule has 0 aliphatic heterocycles. The molecule has 27 heavy (non-hydrogen) atoms. The number of nitrogens with one attached hydrogen (secondary N) is 1. The Bertz CT molecular complexity index is 881. The van der Waals surface area contributed by atoms with Gasteiger partial charge in [-0.05, 0) is 43.3 Å². The molecule has 1 unspecified atom stereocenters. The number of thioether (sulfide) groups is 1. The lowest BCUT2D eigenvalue weighted by Crippen LogP contribution is -2.30. The summed E-state index contributed by atoms with van der Waals surface area (Å²) < 4.78 is 12.7. The molecule has 142 valence electrons. The van der Waals surface area contributed by atoms with E-state index >= 15 is 0 Å². The second-order valence-corrected chi connectivity index (χ2v) is 7.50.